The third-order valence-electron chi connectivity index (χ3n) is 3.14. The highest BCUT2D eigenvalue weighted by Gasteiger charge is 2.13. The molecule has 0 aliphatic heterocycles. The van der Waals surface area contributed by atoms with Gasteiger partial charge in [0.05, 0.1) is 0 Å². The molecule has 1 atom stereocenters. The Labute approximate surface area is 92.0 Å². The zero-order valence-electron chi connectivity index (χ0n) is 9.37. The van der Waals surface area contributed by atoms with Crippen molar-refractivity contribution in [3.8, 4) is 0 Å². The lowest BCUT2D eigenvalue weighted by atomic mass is 9.89. The van der Waals surface area contributed by atoms with Crippen LogP contribution in [0, 0.1) is 6.92 Å². The summed E-state index contributed by atoms with van der Waals surface area (Å²) >= 11 is 0. The van der Waals surface area contributed by atoms with Crippen LogP contribution in [0.15, 0.2) is 29.8 Å². The molecule has 1 nitrogen and oxygen atoms in total. The van der Waals surface area contributed by atoms with E-state index in [9.17, 15) is 0 Å². The molecule has 1 saturated carbocycles. The minimum atomic E-state index is 0.292. The maximum absolute atomic E-state index is 6.09. The lowest BCUT2D eigenvalue weighted by Gasteiger charge is -2.21. The highest BCUT2D eigenvalue weighted by atomic mass is 14.6. The van der Waals surface area contributed by atoms with Crippen molar-refractivity contribution in [3.63, 3.8) is 0 Å². The van der Waals surface area contributed by atoms with Crippen LogP contribution in [0.25, 0.3) is 6.08 Å². The van der Waals surface area contributed by atoms with Crippen LogP contribution in [-0.4, -0.2) is 6.04 Å². The van der Waals surface area contributed by atoms with E-state index in [4.69, 9.17) is 5.73 Å². The van der Waals surface area contributed by atoms with Crippen molar-refractivity contribution in [2.45, 2.75) is 38.6 Å². The predicted octanol–water partition coefficient (Wildman–Crippen LogP) is 3.28. The molecule has 0 bridgehead atoms. The van der Waals surface area contributed by atoms with Gasteiger partial charge in [-0.2, -0.15) is 0 Å². The van der Waals surface area contributed by atoms with E-state index in [0.29, 0.717) is 6.04 Å². The van der Waals surface area contributed by atoms with Crippen LogP contribution in [0.5, 0.6) is 0 Å². The standard InChI is InChI=1S/C14H19N/c1-11-6-8-12(9-7-11)10-13-4-2-3-5-14(13)15/h6-10,14H,2-5,15H2,1H3/b13-10+. The Hall–Kier alpha value is -1.08. The van der Waals surface area contributed by atoms with Gasteiger partial charge in [-0.15, -0.1) is 0 Å². The molecule has 2 rings (SSSR count). The molecule has 1 aliphatic rings. The molecule has 1 unspecified atom stereocenters. The first-order valence-electron chi connectivity index (χ1n) is 5.78. The first kappa shape index (κ1) is 10.4. The van der Waals surface area contributed by atoms with Gasteiger partial charge in [-0.1, -0.05) is 47.9 Å². The summed E-state index contributed by atoms with van der Waals surface area (Å²) < 4.78 is 0. The van der Waals surface area contributed by atoms with Crippen LogP contribution in [0.4, 0.5) is 0 Å². The van der Waals surface area contributed by atoms with E-state index in [-0.39, 0.29) is 0 Å². The van der Waals surface area contributed by atoms with Gasteiger partial charge in [-0.05, 0) is 31.7 Å². The number of rotatable bonds is 1. The van der Waals surface area contributed by atoms with Crippen molar-refractivity contribution in [2.24, 2.45) is 5.73 Å². The van der Waals surface area contributed by atoms with E-state index < -0.39 is 0 Å². The molecule has 0 saturated heterocycles. The summed E-state index contributed by atoms with van der Waals surface area (Å²) in [5, 5.41) is 0. The van der Waals surface area contributed by atoms with Gasteiger partial charge >= 0.3 is 0 Å². The first-order valence-corrected chi connectivity index (χ1v) is 5.78. The first-order chi connectivity index (χ1) is 7.25. The van der Waals surface area contributed by atoms with E-state index >= 15 is 0 Å². The molecular weight excluding hydrogens is 182 g/mol. The van der Waals surface area contributed by atoms with Gasteiger partial charge in [-0.25, -0.2) is 0 Å². The number of benzene rings is 1. The minimum Gasteiger partial charge on any atom is -0.324 e. The Balaban J connectivity index is 2.17. The summed E-state index contributed by atoms with van der Waals surface area (Å²) in [6, 6.07) is 8.94. The van der Waals surface area contributed by atoms with Crippen LogP contribution >= 0.6 is 0 Å². The SMILES string of the molecule is Cc1ccc(/C=C2\CCCCC2N)cc1. The van der Waals surface area contributed by atoms with Crippen LogP contribution in [0.2, 0.25) is 0 Å². The van der Waals surface area contributed by atoms with Crippen molar-refractivity contribution < 1.29 is 0 Å². The number of aryl methyl sites for hydroxylation is 1. The van der Waals surface area contributed by atoms with E-state index in [0.717, 1.165) is 6.42 Å². The molecule has 1 aromatic rings. The van der Waals surface area contributed by atoms with E-state index in [1.807, 2.05) is 0 Å². The van der Waals surface area contributed by atoms with Gasteiger partial charge in [0.1, 0.15) is 0 Å². The number of nitrogens with two attached hydrogens (primary N) is 1. The molecule has 1 aliphatic carbocycles. The summed E-state index contributed by atoms with van der Waals surface area (Å²) in [7, 11) is 0. The second-order valence-electron chi connectivity index (χ2n) is 4.48. The van der Waals surface area contributed by atoms with Gasteiger partial charge < -0.3 is 5.73 Å². The topological polar surface area (TPSA) is 26.0 Å². The number of hydrogen-bond donors (Lipinski definition) is 1. The molecule has 0 spiro atoms. The maximum Gasteiger partial charge on any atom is 0.0256 e. The normalized spacial score (nSPS) is 24.4. The second-order valence-corrected chi connectivity index (χ2v) is 4.48. The molecular formula is C14H19N. The molecule has 15 heavy (non-hydrogen) atoms. The van der Waals surface area contributed by atoms with Gasteiger partial charge in [0, 0.05) is 6.04 Å². The van der Waals surface area contributed by atoms with Gasteiger partial charge in [0.15, 0.2) is 0 Å². The molecule has 1 aromatic carbocycles. The van der Waals surface area contributed by atoms with Crippen LogP contribution in [0.3, 0.4) is 0 Å². The third-order valence-corrected chi connectivity index (χ3v) is 3.14. The predicted molar refractivity (Wildman–Crippen MR) is 65.6 cm³/mol. The largest absolute Gasteiger partial charge is 0.324 e. The van der Waals surface area contributed by atoms with E-state index in [2.05, 4.69) is 37.3 Å². The summed E-state index contributed by atoms with van der Waals surface area (Å²) in [4.78, 5) is 0. The van der Waals surface area contributed by atoms with E-state index in [1.165, 1.54) is 36.0 Å². The summed E-state index contributed by atoms with van der Waals surface area (Å²) in [6.45, 7) is 2.11. The zero-order valence-corrected chi connectivity index (χ0v) is 9.37. The van der Waals surface area contributed by atoms with Gasteiger partial charge in [0.2, 0.25) is 0 Å². The molecule has 0 heterocycles. The quantitative estimate of drug-likeness (QED) is 0.741. The van der Waals surface area contributed by atoms with Crippen molar-refractivity contribution in [1.29, 1.82) is 0 Å². The zero-order chi connectivity index (χ0) is 10.7. The van der Waals surface area contributed by atoms with E-state index in [1.54, 1.807) is 0 Å². The Morgan fingerprint density at radius 2 is 1.93 bits per heavy atom. The van der Waals surface area contributed by atoms with Crippen molar-refractivity contribution in [3.05, 3.63) is 41.0 Å². The van der Waals surface area contributed by atoms with Crippen molar-refractivity contribution >= 4 is 6.08 Å². The van der Waals surface area contributed by atoms with Gasteiger partial charge in [-0.3, -0.25) is 0 Å². The monoisotopic (exact) mass is 201 g/mol. The third kappa shape index (κ3) is 2.69. The summed E-state index contributed by atoms with van der Waals surface area (Å²) in [5.74, 6) is 0. The summed E-state index contributed by atoms with van der Waals surface area (Å²) in [5.41, 5.74) is 10.1. The maximum atomic E-state index is 6.09. The van der Waals surface area contributed by atoms with Crippen LogP contribution < -0.4 is 5.73 Å². The second kappa shape index (κ2) is 4.63. The Morgan fingerprint density at radius 1 is 1.20 bits per heavy atom. The highest BCUT2D eigenvalue weighted by Crippen LogP contribution is 2.24. The van der Waals surface area contributed by atoms with Crippen molar-refractivity contribution in [1.82, 2.24) is 0 Å². The van der Waals surface area contributed by atoms with Crippen LogP contribution in [0.1, 0.15) is 36.8 Å². The fourth-order valence-electron chi connectivity index (χ4n) is 2.12. The fourth-order valence-corrected chi connectivity index (χ4v) is 2.12. The minimum absolute atomic E-state index is 0.292. The fraction of sp³-hybridized carbons (Fsp3) is 0.429. The Bertz CT molecular complexity index is 348. The molecule has 0 amide bonds. The average Bonchev–Trinajstić information content (AvgIpc) is 2.25. The Kier molecular flexibility index (Phi) is 3.22. The molecule has 80 valence electrons. The lowest BCUT2D eigenvalue weighted by Crippen LogP contribution is -2.25. The summed E-state index contributed by atoms with van der Waals surface area (Å²) in [6.07, 6.45) is 7.17. The smallest absolute Gasteiger partial charge is 0.0256 e. The number of hydrogen-bond acceptors (Lipinski definition) is 1. The molecule has 2 N–H and O–H groups in total. The Morgan fingerprint density at radius 3 is 2.60 bits per heavy atom. The molecule has 0 aromatic heterocycles. The molecule has 1 fully saturated rings. The molecule has 1 heteroatoms. The molecule has 0 radical (unpaired) electrons. The average molecular weight is 201 g/mol. The van der Waals surface area contributed by atoms with Crippen LogP contribution in [-0.2, 0) is 0 Å². The lowest BCUT2D eigenvalue weighted by molar-refractivity contribution is 0.540. The van der Waals surface area contributed by atoms with Gasteiger partial charge in [0.25, 0.3) is 0 Å². The highest BCUT2D eigenvalue weighted by molar-refractivity contribution is 5.54. The van der Waals surface area contributed by atoms with Crippen molar-refractivity contribution in [2.75, 3.05) is 0 Å².